The van der Waals surface area contributed by atoms with Crippen molar-refractivity contribution in [3.8, 4) is 0 Å². The highest BCUT2D eigenvalue weighted by Gasteiger charge is 2.34. The van der Waals surface area contributed by atoms with Gasteiger partial charge in [-0.05, 0) is 40.2 Å². The lowest BCUT2D eigenvalue weighted by Crippen LogP contribution is -2.60. The molecular formula is C27H25N3O4S. The zero-order valence-electron chi connectivity index (χ0n) is 19.0. The fourth-order valence-corrected chi connectivity index (χ4v) is 4.21. The number of hydrogen-bond acceptors (Lipinski definition) is 5. The van der Waals surface area contributed by atoms with Gasteiger partial charge in [0.15, 0.2) is 5.11 Å². The SMILES string of the molecule is O=C(/C=C/c1cccc2ccccc12)NC(=S)N1CCNC(=O)C1CC(=O)OCc1ccccc1. The van der Waals surface area contributed by atoms with Gasteiger partial charge in [0.2, 0.25) is 11.8 Å². The summed E-state index contributed by atoms with van der Waals surface area (Å²) in [5.41, 5.74) is 1.76. The van der Waals surface area contributed by atoms with Crippen molar-refractivity contribution in [3.63, 3.8) is 0 Å². The molecule has 1 saturated heterocycles. The summed E-state index contributed by atoms with van der Waals surface area (Å²) in [5.74, 6) is -1.28. The highest BCUT2D eigenvalue weighted by Crippen LogP contribution is 2.19. The third kappa shape index (κ3) is 6.30. The third-order valence-corrected chi connectivity index (χ3v) is 6.00. The molecule has 1 fully saturated rings. The molecule has 7 nitrogen and oxygen atoms in total. The first-order chi connectivity index (χ1) is 17.0. The maximum Gasteiger partial charge on any atom is 0.308 e. The number of fused-ring (bicyclic) bond motifs is 1. The quantitative estimate of drug-likeness (QED) is 0.316. The number of carbonyl (C=O) groups excluding carboxylic acids is 3. The van der Waals surface area contributed by atoms with Crippen LogP contribution in [0.3, 0.4) is 0 Å². The zero-order chi connectivity index (χ0) is 24.6. The Hall–Kier alpha value is -4.04. The first kappa shape index (κ1) is 24.1. The highest BCUT2D eigenvalue weighted by molar-refractivity contribution is 7.80. The van der Waals surface area contributed by atoms with Crippen molar-refractivity contribution in [2.75, 3.05) is 13.1 Å². The molecule has 2 N–H and O–H groups in total. The lowest BCUT2D eigenvalue weighted by Gasteiger charge is -2.36. The van der Waals surface area contributed by atoms with E-state index in [1.165, 1.54) is 6.08 Å². The van der Waals surface area contributed by atoms with Crippen molar-refractivity contribution < 1.29 is 19.1 Å². The van der Waals surface area contributed by atoms with Gasteiger partial charge in [-0.3, -0.25) is 19.7 Å². The van der Waals surface area contributed by atoms with E-state index in [0.29, 0.717) is 13.1 Å². The molecule has 2 amide bonds. The number of carbonyl (C=O) groups is 3. The molecule has 0 spiro atoms. The molecule has 1 heterocycles. The molecule has 1 atom stereocenters. The Balaban J connectivity index is 1.37. The summed E-state index contributed by atoms with van der Waals surface area (Å²) < 4.78 is 5.32. The molecule has 1 aliphatic heterocycles. The van der Waals surface area contributed by atoms with Crippen molar-refractivity contribution in [2.45, 2.75) is 19.1 Å². The van der Waals surface area contributed by atoms with Crippen LogP contribution in [0.4, 0.5) is 0 Å². The van der Waals surface area contributed by atoms with Gasteiger partial charge in [-0.2, -0.15) is 0 Å². The molecule has 178 valence electrons. The van der Waals surface area contributed by atoms with Gasteiger partial charge in [-0.25, -0.2) is 0 Å². The van der Waals surface area contributed by atoms with Crippen LogP contribution in [0, 0.1) is 0 Å². The smallest absolute Gasteiger partial charge is 0.308 e. The predicted octanol–water partition coefficient (Wildman–Crippen LogP) is 3.19. The molecule has 1 unspecified atom stereocenters. The molecule has 0 aliphatic carbocycles. The van der Waals surface area contributed by atoms with Gasteiger partial charge in [-0.1, -0.05) is 72.8 Å². The number of rotatable bonds is 6. The lowest BCUT2D eigenvalue weighted by atomic mass is 10.0. The summed E-state index contributed by atoms with van der Waals surface area (Å²) in [7, 11) is 0. The van der Waals surface area contributed by atoms with Crippen LogP contribution in [0.5, 0.6) is 0 Å². The Labute approximate surface area is 208 Å². The number of nitrogens with zero attached hydrogens (tertiary/aromatic N) is 1. The van der Waals surface area contributed by atoms with Gasteiger partial charge in [0.1, 0.15) is 12.6 Å². The second-order valence-corrected chi connectivity index (χ2v) is 8.43. The van der Waals surface area contributed by atoms with Crippen LogP contribution in [0.1, 0.15) is 17.5 Å². The molecule has 0 aromatic heterocycles. The summed E-state index contributed by atoms with van der Waals surface area (Å²) in [5, 5.41) is 7.59. The maximum atomic E-state index is 12.6. The van der Waals surface area contributed by atoms with Crippen molar-refractivity contribution in [1.29, 1.82) is 0 Å². The first-order valence-corrected chi connectivity index (χ1v) is 11.7. The molecule has 4 rings (SSSR count). The minimum atomic E-state index is -0.859. The van der Waals surface area contributed by atoms with E-state index < -0.39 is 17.9 Å². The van der Waals surface area contributed by atoms with Gasteiger partial charge in [-0.15, -0.1) is 0 Å². The molecule has 3 aromatic rings. The zero-order valence-corrected chi connectivity index (χ0v) is 19.8. The van der Waals surface area contributed by atoms with Gasteiger partial charge in [0, 0.05) is 19.2 Å². The molecule has 0 bridgehead atoms. The van der Waals surface area contributed by atoms with E-state index in [2.05, 4.69) is 10.6 Å². The Morgan fingerprint density at radius 1 is 1.06 bits per heavy atom. The molecule has 35 heavy (non-hydrogen) atoms. The second kappa shape index (κ2) is 11.4. The lowest BCUT2D eigenvalue weighted by molar-refractivity contribution is -0.148. The highest BCUT2D eigenvalue weighted by atomic mass is 32.1. The number of piperazine rings is 1. The molecule has 1 aliphatic rings. The monoisotopic (exact) mass is 487 g/mol. The van der Waals surface area contributed by atoms with Gasteiger partial charge in [0.05, 0.1) is 6.42 Å². The molecule has 0 radical (unpaired) electrons. The minimum Gasteiger partial charge on any atom is -0.461 e. The second-order valence-electron chi connectivity index (χ2n) is 8.05. The van der Waals surface area contributed by atoms with Crippen molar-refractivity contribution in [2.24, 2.45) is 0 Å². The van der Waals surface area contributed by atoms with Gasteiger partial charge >= 0.3 is 5.97 Å². The number of amides is 2. The van der Waals surface area contributed by atoms with Crippen LogP contribution < -0.4 is 10.6 Å². The summed E-state index contributed by atoms with van der Waals surface area (Å²) in [4.78, 5) is 39.0. The number of esters is 1. The van der Waals surface area contributed by atoms with E-state index in [1.807, 2.05) is 72.8 Å². The fourth-order valence-electron chi connectivity index (χ4n) is 3.90. The van der Waals surface area contributed by atoms with Crippen LogP contribution in [0.15, 0.2) is 78.9 Å². The third-order valence-electron chi connectivity index (χ3n) is 5.66. The van der Waals surface area contributed by atoms with Crippen molar-refractivity contribution in [1.82, 2.24) is 15.5 Å². The number of benzene rings is 3. The summed E-state index contributed by atoms with van der Waals surface area (Å²) in [6, 6.07) is 22.2. The largest absolute Gasteiger partial charge is 0.461 e. The average molecular weight is 488 g/mol. The topological polar surface area (TPSA) is 87.7 Å². The van der Waals surface area contributed by atoms with Crippen LogP contribution >= 0.6 is 12.2 Å². The summed E-state index contributed by atoms with van der Waals surface area (Å²) >= 11 is 5.41. The number of nitrogens with one attached hydrogen (secondary N) is 2. The molecule has 8 heteroatoms. The summed E-state index contributed by atoms with van der Waals surface area (Å²) in [6.07, 6.45) is 2.95. The van der Waals surface area contributed by atoms with E-state index in [9.17, 15) is 14.4 Å². The normalized spacial score (nSPS) is 15.6. The van der Waals surface area contributed by atoms with E-state index in [1.54, 1.807) is 11.0 Å². The number of hydrogen-bond donors (Lipinski definition) is 2. The Morgan fingerprint density at radius 3 is 2.63 bits per heavy atom. The first-order valence-electron chi connectivity index (χ1n) is 11.3. The number of thiocarbonyl (C=S) groups is 1. The van der Waals surface area contributed by atoms with Crippen LogP contribution in [-0.4, -0.2) is 46.9 Å². The standard InChI is InChI=1S/C27H25N3O4S/c31-24(14-13-21-11-6-10-20-9-4-5-12-22(20)21)29-27(35)30-16-15-28-26(33)23(30)17-25(32)34-18-19-7-2-1-3-8-19/h1-14,23H,15-18H2,(H,28,33)(H,29,31,35)/b14-13+. The molecule has 3 aromatic carbocycles. The Kier molecular flexibility index (Phi) is 7.84. The Morgan fingerprint density at radius 2 is 1.80 bits per heavy atom. The maximum absolute atomic E-state index is 12.6. The van der Waals surface area contributed by atoms with Crippen LogP contribution in [0.25, 0.3) is 16.8 Å². The van der Waals surface area contributed by atoms with E-state index in [-0.39, 0.29) is 24.0 Å². The number of ether oxygens (including phenoxy) is 1. The fraction of sp³-hybridized carbons (Fsp3) is 0.185. The summed E-state index contributed by atoms with van der Waals surface area (Å²) in [6.45, 7) is 0.846. The minimum absolute atomic E-state index is 0.0910. The van der Waals surface area contributed by atoms with Gasteiger partial charge < -0.3 is 15.0 Å². The average Bonchev–Trinajstić information content (AvgIpc) is 2.88. The van der Waals surface area contributed by atoms with E-state index >= 15 is 0 Å². The van der Waals surface area contributed by atoms with Crippen molar-refractivity contribution in [3.05, 3.63) is 90.0 Å². The van der Waals surface area contributed by atoms with E-state index in [4.69, 9.17) is 17.0 Å². The molecular weight excluding hydrogens is 462 g/mol. The van der Waals surface area contributed by atoms with Crippen LogP contribution in [0.2, 0.25) is 0 Å². The molecule has 0 saturated carbocycles. The Bertz CT molecular complexity index is 1270. The predicted molar refractivity (Wildman–Crippen MR) is 138 cm³/mol. The van der Waals surface area contributed by atoms with Crippen molar-refractivity contribution >= 4 is 52.0 Å². The van der Waals surface area contributed by atoms with Crippen LogP contribution in [-0.2, 0) is 25.7 Å². The van der Waals surface area contributed by atoms with Gasteiger partial charge in [0.25, 0.3) is 0 Å². The van der Waals surface area contributed by atoms with E-state index in [0.717, 1.165) is 21.9 Å².